The van der Waals surface area contributed by atoms with Gasteiger partial charge in [0.25, 0.3) is 0 Å². The average Bonchev–Trinajstić information content (AvgIpc) is 3.47. The number of hydrogen-bond donors (Lipinski definition) is 0. The molecule has 0 aliphatic carbocycles. The second-order valence-corrected chi connectivity index (χ2v) is 25.6. The van der Waals surface area contributed by atoms with Gasteiger partial charge in [-0.3, -0.25) is 14.4 Å². The van der Waals surface area contributed by atoms with Crippen molar-refractivity contribution < 1.29 is 28.6 Å². The Hall–Kier alpha value is -2.11. The zero-order chi connectivity index (χ0) is 59.2. The van der Waals surface area contributed by atoms with Crippen LogP contribution in [0.15, 0.2) is 24.3 Å². The Morgan fingerprint density at radius 2 is 0.439 bits per heavy atom. The molecule has 82 heavy (non-hydrogen) atoms. The Labute approximate surface area is 513 Å². The van der Waals surface area contributed by atoms with E-state index < -0.39 is 6.10 Å². The van der Waals surface area contributed by atoms with Gasteiger partial charge >= 0.3 is 17.9 Å². The van der Waals surface area contributed by atoms with Gasteiger partial charge in [-0.2, -0.15) is 0 Å². The van der Waals surface area contributed by atoms with Crippen LogP contribution in [0.2, 0.25) is 0 Å². The van der Waals surface area contributed by atoms with Gasteiger partial charge < -0.3 is 14.2 Å². The molecule has 0 bridgehead atoms. The van der Waals surface area contributed by atoms with Gasteiger partial charge in [0.15, 0.2) is 6.10 Å². The van der Waals surface area contributed by atoms with E-state index in [-0.39, 0.29) is 31.1 Å². The third-order valence-electron chi connectivity index (χ3n) is 17.2. The van der Waals surface area contributed by atoms with Crippen LogP contribution in [-0.2, 0) is 28.6 Å². The highest BCUT2D eigenvalue weighted by molar-refractivity contribution is 5.71. The molecule has 1 atom stereocenters. The minimum Gasteiger partial charge on any atom is -0.462 e. The summed E-state index contributed by atoms with van der Waals surface area (Å²) in [6, 6.07) is 0. The van der Waals surface area contributed by atoms with E-state index in [0.29, 0.717) is 19.3 Å². The van der Waals surface area contributed by atoms with Gasteiger partial charge in [-0.1, -0.05) is 379 Å². The molecule has 6 nitrogen and oxygen atoms in total. The molecule has 0 aliphatic heterocycles. The smallest absolute Gasteiger partial charge is 0.306 e. The first-order valence-electron chi connectivity index (χ1n) is 37.3. The predicted octanol–water partition coefficient (Wildman–Crippen LogP) is 25.7. The van der Waals surface area contributed by atoms with Crippen molar-refractivity contribution in [2.45, 2.75) is 431 Å². The van der Waals surface area contributed by atoms with Crippen molar-refractivity contribution in [3.63, 3.8) is 0 Å². The summed E-state index contributed by atoms with van der Waals surface area (Å²) in [5.74, 6) is -0.847. The first-order valence-corrected chi connectivity index (χ1v) is 37.3. The van der Waals surface area contributed by atoms with Crippen LogP contribution in [0.3, 0.4) is 0 Å². The molecule has 0 rings (SSSR count). The van der Waals surface area contributed by atoms with E-state index >= 15 is 0 Å². The molecule has 0 aromatic carbocycles. The van der Waals surface area contributed by atoms with E-state index in [2.05, 4.69) is 45.1 Å². The van der Waals surface area contributed by atoms with Crippen molar-refractivity contribution in [2.75, 3.05) is 13.2 Å². The summed E-state index contributed by atoms with van der Waals surface area (Å²) >= 11 is 0. The zero-order valence-electron chi connectivity index (χ0n) is 55.8. The van der Waals surface area contributed by atoms with Gasteiger partial charge in [-0.15, -0.1) is 0 Å². The Balaban J connectivity index is 3.91. The topological polar surface area (TPSA) is 78.9 Å². The van der Waals surface area contributed by atoms with Crippen molar-refractivity contribution >= 4 is 17.9 Å². The lowest BCUT2D eigenvalue weighted by Gasteiger charge is -2.18. The van der Waals surface area contributed by atoms with E-state index in [9.17, 15) is 14.4 Å². The molecule has 0 radical (unpaired) electrons. The van der Waals surface area contributed by atoms with Gasteiger partial charge in [0.1, 0.15) is 13.2 Å². The summed E-state index contributed by atoms with van der Waals surface area (Å²) in [6.45, 7) is 6.65. The second kappa shape index (κ2) is 71.4. The van der Waals surface area contributed by atoms with E-state index in [0.717, 1.165) is 64.2 Å². The number of ether oxygens (including phenoxy) is 3. The van der Waals surface area contributed by atoms with Crippen LogP contribution >= 0.6 is 0 Å². The van der Waals surface area contributed by atoms with E-state index in [1.807, 2.05) is 0 Å². The summed E-state index contributed by atoms with van der Waals surface area (Å²) in [5, 5.41) is 0. The fourth-order valence-electron chi connectivity index (χ4n) is 11.6. The van der Waals surface area contributed by atoms with Crippen molar-refractivity contribution in [1.29, 1.82) is 0 Å². The lowest BCUT2D eigenvalue weighted by molar-refractivity contribution is -0.167. The van der Waals surface area contributed by atoms with Gasteiger partial charge in [0, 0.05) is 19.3 Å². The number of esters is 3. The molecular formula is C76H144O6. The summed E-state index contributed by atoms with van der Waals surface area (Å²) in [4.78, 5) is 38.1. The molecule has 484 valence electrons. The molecule has 0 saturated heterocycles. The van der Waals surface area contributed by atoms with Crippen LogP contribution in [0.25, 0.3) is 0 Å². The lowest BCUT2D eigenvalue weighted by Crippen LogP contribution is -2.30. The minimum absolute atomic E-state index is 0.0657. The van der Waals surface area contributed by atoms with Gasteiger partial charge in [0.05, 0.1) is 0 Å². The first-order chi connectivity index (χ1) is 40.5. The molecule has 0 heterocycles. The number of allylic oxidation sites excluding steroid dienone is 4. The summed E-state index contributed by atoms with van der Waals surface area (Å²) in [5.41, 5.74) is 0. The zero-order valence-corrected chi connectivity index (χ0v) is 55.8. The molecular weight excluding hydrogens is 1010 g/mol. The number of carbonyl (C=O) groups is 3. The Morgan fingerprint density at radius 3 is 0.671 bits per heavy atom. The molecule has 0 aliphatic rings. The van der Waals surface area contributed by atoms with Crippen molar-refractivity contribution in [3.8, 4) is 0 Å². The average molecular weight is 1150 g/mol. The number of unbranched alkanes of at least 4 members (excludes halogenated alkanes) is 55. The third-order valence-corrected chi connectivity index (χ3v) is 17.2. The molecule has 0 N–H and O–H groups in total. The molecule has 0 aromatic rings. The Bertz CT molecular complexity index is 1320. The van der Waals surface area contributed by atoms with Crippen LogP contribution in [0.5, 0.6) is 0 Å². The molecule has 6 heteroatoms. The third kappa shape index (κ3) is 68.7. The molecule has 1 unspecified atom stereocenters. The molecule has 0 saturated carbocycles. The van der Waals surface area contributed by atoms with E-state index in [1.165, 1.54) is 321 Å². The Kier molecular flexibility index (Phi) is 69.5. The van der Waals surface area contributed by atoms with Crippen LogP contribution in [0.4, 0.5) is 0 Å². The van der Waals surface area contributed by atoms with Crippen LogP contribution in [0, 0.1) is 0 Å². The quantitative estimate of drug-likeness (QED) is 0.0261. The largest absolute Gasteiger partial charge is 0.462 e. The predicted molar refractivity (Wildman–Crippen MR) is 358 cm³/mol. The Morgan fingerprint density at radius 1 is 0.244 bits per heavy atom. The van der Waals surface area contributed by atoms with E-state index in [1.54, 1.807) is 0 Å². The summed E-state index contributed by atoms with van der Waals surface area (Å²) in [6.07, 6.45) is 88.5. The van der Waals surface area contributed by atoms with Crippen LogP contribution in [-0.4, -0.2) is 37.2 Å². The second-order valence-electron chi connectivity index (χ2n) is 25.6. The van der Waals surface area contributed by atoms with Gasteiger partial charge in [-0.25, -0.2) is 0 Å². The maximum absolute atomic E-state index is 12.9. The highest BCUT2D eigenvalue weighted by atomic mass is 16.6. The normalized spacial score (nSPS) is 12.1. The molecule has 0 fully saturated rings. The van der Waals surface area contributed by atoms with Crippen molar-refractivity contribution in [3.05, 3.63) is 24.3 Å². The van der Waals surface area contributed by atoms with Crippen molar-refractivity contribution in [2.24, 2.45) is 0 Å². The monoisotopic (exact) mass is 1150 g/mol. The van der Waals surface area contributed by atoms with Gasteiger partial charge in [-0.05, 0) is 51.4 Å². The fraction of sp³-hybridized carbons (Fsp3) is 0.908. The molecule has 0 aromatic heterocycles. The highest BCUT2D eigenvalue weighted by Gasteiger charge is 2.20. The highest BCUT2D eigenvalue weighted by Crippen LogP contribution is 2.19. The maximum atomic E-state index is 12.9. The van der Waals surface area contributed by atoms with Crippen LogP contribution in [0.1, 0.15) is 425 Å². The minimum atomic E-state index is -0.766. The first kappa shape index (κ1) is 79.9. The SMILES string of the molecule is CCCCCCC/C=C\C/C=C\CCCCCCCCCCCCCCCC(=O)OC(COC(=O)CCCCCCCC)COC(=O)CCCCCCCCCCCCCCCCCCCCCCCCCCCCCCCCCCC. The number of hydrogen-bond acceptors (Lipinski definition) is 6. The maximum Gasteiger partial charge on any atom is 0.306 e. The van der Waals surface area contributed by atoms with Crippen LogP contribution < -0.4 is 0 Å². The number of rotatable bonds is 70. The number of carbonyl (C=O) groups excluding carboxylic acids is 3. The summed E-state index contributed by atoms with van der Waals surface area (Å²) in [7, 11) is 0. The lowest BCUT2D eigenvalue weighted by atomic mass is 10.0. The molecule has 0 amide bonds. The molecule has 0 spiro atoms. The van der Waals surface area contributed by atoms with Crippen molar-refractivity contribution in [1.82, 2.24) is 0 Å². The standard InChI is InChI=1S/C76H144O6/c1-4-7-10-13-16-18-20-22-24-26-28-30-32-34-35-36-37-38-39-40-41-43-44-46-48-50-52-54-56-58-60-63-66-69-75(78)81-72-73(71-80-74(77)68-65-62-15-12-9-6-3)82-76(79)70-67-64-61-59-57-55-53-51-49-47-45-42-33-31-29-27-25-23-21-19-17-14-11-8-5-2/h21,23,27,29,73H,4-20,22,24-26,28,30-72H2,1-3H3/b23-21-,29-27-. The fourth-order valence-corrected chi connectivity index (χ4v) is 11.6. The van der Waals surface area contributed by atoms with E-state index in [4.69, 9.17) is 14.2 Å². The summed E-state index contributed by atoms with van der Waals surface area (Å²) < 4.78 is 16.9. The van der Waals surface area contributed by atoms with Gasteiger partial charge in [0.2, 0.25) is 0 Å².